The van der Waals surface area contributed by atoms with E-state index in [-0.39, 0.29) is 11.3 Å². The molecule has 1 N–H and O–H groups in total. The normalized spacial score (nSPS) is 17.0. The molecule has 1 fully saturated rings. The second-order valence-corrected chi connectivity index (χ2v) is 6.42. The van der Waals surface area contributed by atoms with Gasteiger partial charge in [0.15, 0.2) is 11.5 Å². The number of benzene rings is 2. The molecule has 1 aliphatic heterocycles. The van der Waals surface area contributed by atoms with E-state index in [2.05, 4.69) is 5.32 Å². The molecule has 5 heteroatoms. The summed E-state index contributed by atoms with van der Waals surface area (Å²) in [6, 6.07) is 12.6. The van der Waals surface area contributed by atoms with Crippen LogP contribution < -0.4 is 19.5 Å². The summed E-state index contributed by atoms with van der Waals surface area (Å²) in [4.78, 5) is 12.5. The zero-order valence-electron chi connectivity index (χ0n) is 13.5. The van der Waals surface area contributed by atoms with Crippen LogP contribution in [-0.2, 0) is 0 Å². The van der Waals surface area contributed by atoms with E-state index in [1.54, 1.807) is 31.4 Å². The van der Waals surface area contributed by atoms with Crippen LogP contribution in [0.5, 0.6) is 17.2 Å². The lowest BCUT2D eigenvalue weighted by Crippen LogP contribution is -2.17. The van der Waals surface area contributed by atoms with Crippen LogP contribution in [0.15, 0.2) is 42.5 Å². The van der Waals surface area contributed by atoms with Gasteiger partial charge in [-0.25, -0.2) is 0 Å². The van der Waals surface area contributed by atoms with Crippen molar-refractivity contribution >= 4 is 11.6 Å². The van der Waals surface area contributed by atoms with Gasteiger partial charge in [0.2, 0.25) is 0 Å². The SMILES string of the molecule is COc1cccc(NC(=O)c2ccc3c(c2)OCC2(CC2)CO3)c1. The van der Waals surface area contributed by atoms with Crippen molar-refractivity contribution in [3.8, 4) is 17.2 Å². The predicted molar refractivity (Wildman–Crippen MR) is 90.0 cm³/mol. The molecule has 0 atom stereocenters. The summed E-state index contributed by atoms with van der Waals surface area (Å²) in [5.41, 5.74) is 1.40. The van der Waals surface area contributed by atoms with Gasteiger partial charge in [-0.2, -0.15) is 0 Å². The Morgan fingerprint density at radius 3 is 2.62 bits per heavy atom. The lowest BCUT2D eigenvalue weighted by molar-refractivity contribution is 0.102. The molecular weight excluding hydrogens is 306 g/mol. The third-order valence-corrected chi connectivity index (χ3v) is 4.56. The van der Waals surface area contributed by atoms with Crippen molar-refractivity contribution in [3.63, 3.8) is 0 Å². The van der Waals surface area contributed by atoms with Crippen LogP contribution in [0.25, 0.3) is 0 Å². The fraction of sp³-hybridized carbons (Fsp3) is 0.316. The molecule has 0 radical (unpaired) electrons. The second kappa shape index (κ2) is 5.74. The Morgan fingerprint density at radius 1 is 1.08 bits per heavy atom. The molecule has 0 bridgehead atoms. The van der Waals surface area contributed by atoms with Crippen molar-refractivity contribution < 1.29 is 19.0 Å². The number of anilines is 1. The third kappa shape index (κ3) is 2.89. The standard InChI is InChI=1S/C19H19NO4/c1-22-15-4-2-3-14(10-15)20-18(21)13-5-6-16-17(9-13)24-12-19(7-8-19)11-23-16/h2-6,9-10H,7-8,11-12H2,1H3,(H,20,21). The van der Waals surface area contributed by atoms with Crippen LogP contribution in [0.4, 0.5) is 5.69 Å². The molecule has 1 spiro atoms. The Kier molecular flexibility index (Phi) is 3.56. The summed E-state index contributed by atoms with van der Waals surface area (Å²) < 4.78 is 16.9. The minimum Gasteiger partial charge on any atom is -0.497 e. The Bertz CT molecular complexity index is 783. The Hall–Kier alpha value is -2.69. The molecular formula is C19H19NO4. The highest BCUT2D eigenvalue weighted by Gasteiger charge is 2.46. The number of hydrogen-bond donors (Lipinski definition) is 1. The Balaban J connectivity index is 1.52. The quantitative estimate of drug-likeness (QED) is 0.938. The largest absolute Gasteiger partial charge is 0.497 e. The van der Waals surface area contributed by atoms with E-state index in [0.29, 0.717) is 41.7 Å². The van der Waals surface area contributed by atoms with Gasteiger partial charge in [-0.15, -0.1) is 0 Å². The highest BCUT2D eigenvalue weighted by atomic mass is 16.5. The van der Waals surface area contributed by atoms with Crippen molar-refractivity contribution in [2.24, 2.45) is 5.41 Å². The first-order valence-electron chi connectivity index (χ1n) is 8.03. The number of carbonyl (C=O) groups is 1. The third-order valence-electron chi connectivity index (χ3n) is 4.56. The summed E-state index contributed by atoms with van der Waals surface area (Å²) in [6.07, 6.45) is 2.29. The molecule has 24 heavy (non-hydrogen) atoms. The van der Waals surface area contributed by atoms with Gasteiger partial charge >= 0.3 is 0 Å². The maximum absolute atomic E-state index is 12.5. The summed E-state index contributed by atoms with van der Waals surface area (Å²) in [5.74, 6) is 1.84. The van der Waals surface area contributed by atoms with Gasteiger partial charge in [-0.1, -0.05) is 6.07 Å². The first kappa shape index (κ1) is 14.9. The van der Waals surface area contributed by atoms with Crippen LogP contribution in [0.1, 0.15) is 23.2 Å². The molecule has 2 aliphatic rings. The average molecular weight is 325 g/mol. The van der Waals surface area contributed by atoms with Crippen LogP contribution >= 0.6 is 0 Å². The number of rotatable bonds is 3. The number of methoxy groups -OCH3 is 1. The van der Waals surface area contributed by atoms with E-state index in [4.69, 9.17) is 14.2 Å². The lowest BCUT2D eigenvalue weighted by atomic mass is 10.1. The molecule has 4 rings (SSSR count). The molecule has 2 aromatic rings. The summed E-state index contributed by atoms with van der Waals surface area (Å²) >= 11 is 0. The fourth-order valence-electron chi connectivity index (χ4n) is 2.75. The highest BCUT2D eigenvalue weighted by molar-refractivity contribution is 6.04. The van der Waals surface area contributed by atoms with E-state index in [1.165, 1.54) is 0 Å². The average Bonchev–Trinajstić information content (AvgIpc) is 3.41. The smallest absolute Gasteiger partial charge is 0.255 e. The number of amides is 1. The molecule has 5 nitrogen and oxygen atoms in total. The molecule has 1 saturated carbocycles. The fourth-order valence-corrected chi connectivity index (χ4v) is 2.75. The zero-order valence-corrected chi connectivity index (χ0v) is 13.5. The molecule has 0 aromatic heterocycles. The predicted octanol–water partition coefficient (Wildman–Crippen LogP) is 3.50. The van der Waals surface area contributed by atoms with Crippen molar-refractivity contribution in [1.29, 1.82) is 0 Å². The van der Waals surface area contributed by atoms with Gasteiger partial charge in [0, 0.05) is 22.7 Å². The number of carbonyl (C=O) groups excluding carboxylic acids is 1. The van der Waals surface area contributed by atoms with Crippen LogP contribution in [0, 0.1) is 5.41 Å². The van der Waals surface area contributed by atoms with Gasteiger partial charge in [0.25, 0.3) is 5.91 Å². The van der Waals surface area contributed by atoms with E-state index in [1.807, 2.05) is 18.2 Å². The number of hydrogen-bond acceptors (Lipinski definition) is 4. The van der Waals surface area contributed by atoms with Crippen molar-refractivity contribution in [1.82, 2.24) is 0 Å². The van der Waals surface area contributed by atoms with Crippen LogP contribution in [0.3, 0.4) is 0 Å². The van der Waals surface area contributed by atoms with Gasteiger partial charge in [0.05, 0.1) is 20.3 Å². The zero-order chi connectivity index (χ0) is 16.6. The van der Waals surface area contributed by atoms with E-state index in [0.717, 1.165) is 12.8 Å². The molecule has 1 aliphatic carbocycles. The lowest BCUT2D eigenvalue weighted by Gasteiger charge is -2.10. The van der Waals surface area contributed by atoms with Gasteiger partial charge in [-0.05, 0) is 43.2 Å². The van der Waals surface area contributed by atoms with Crippen molar-refractivity contribution in [3.05, 3.63) is 48.0 Å². The monoisotopic (exact) mass is 325 g/mol. The molecule has 0 saturated heterocycles. The van der Waals surface area contributed by atoms with Gasteiger partial charge in [-0.3, -0.25) is 4.79 Å². The van der Waals surface area contributed by atoms with E-state index in [9.17, 15) is 4.79 Å². The maximum Gasteiger partial charge on any atom is 0.255 e. The highest BCUT2D eigenvalue weighted by Crippen LogP contribution is 2.49. The molecule has 1 heterocycles. The van der Waals surface area contributed by atoms with Crippen LogP contribution in [0.2, 0.25) is 0 Å². The maximum atomic E-state index is 12.5. The van der Waals surface area contributed by atoms with E-state index < -0.39 is 0 Å². The number of nitrogens with one attached hydrogen (secondary N) is 1. The summed E-state index contributed by atoms with van der Waals surface area (Å²) in [6.45, 7) is 1.34. The topological polar surface area (TPSA) is 56.8 Å². The Labute approximate surface area is 140 Å². The van der Waals surface area contributed by atoms with Gasteiger partial charge < -0.3 is 19.5 Å². The summed E-state index contributed by atoms with van der Waals surface area (Å²) in [5, 5.41) is 2.87. The van der Waals surface area contributed by atoms with Crippen molar-refractivity contribution in [2.45, 2.75) is 12.8 Å². The van der Waals surface area contributed by atoms with E-state index >= 15 is 0 Å². The number of ether oxygens (including phenoxy) is 3. The number of fused-ring (bicyclic) bond motifs is 1. The molecule has 0 unspecified atom stereocenters. The second-order valence-electron chi connectivity index (χ2n) is 6.42. The molecule has 2 aromatic carbocycles. The van der Waals surface area contributed by atoms with Gasteiger partial charge in [0.1, 0.15) is 5.75 Å². The Morgan fingerprint density at radius 2 is 1.88 bits per heavy atom. The summed E-state index contributed by atoms with van der Waals surface area (Å²) in [7, 11) is 1.59. The van der Waals surface area contributed by atoms with Crippen LogP contribution in [-0.4, -0.2) is 26.2 Å². The first-order chi connectivity index (χ1) is 11.7. The minimum absolute atomic E-state index is 0.183. The molecule has 124 valence electrons. The first-order valence-corrected chi connectivity index (χ1v) is 8.03. The molecule has 1 amide bonds. The minimum atomic E-state index is -0.194. The van der Waals surface area contributed by atoms with Crippen molar-refractivity contribution in [2.75, 3.05) is 25.6 Å².